The molecule has 0 atom stereocenters. The van der Waals surface area contributed by atoms with E-state index in [1.165, 1.54) is 29.5 Å². The number of fused-ring (bicyclic) bond motifs is 1. The van der Waals surface area contributed by atoms with Gasteiger partial charge < -0.3 is 4.57 Å². The zero-order chi connectivity index (χ0) is 19.2. The molecule has 0 unspecified atom stereocenters. The number of halogens is 1. The van der Waals surface area contributed by atoms with Crippen LogP contribution in [0.3, 0.4) is 0 Å². The summed E-state index contributed by atoms with van der Waals surface area (Å²) in [5, 5.41) is 0. The fraction of sp³-hybridized carbons (Fsp3) is 0.300. The number of amides is 1. The Labute approximate surface area is 170 Å². The van der Waals surface area contributed by atoms with E-state index in [-0.39, 0.29) is 17.5 Å². The first-order chi connectivity index (χ1) is 13.1. The summed E-state index contributed by atoms with van der Waals surface area (Å²) in [5.41, 5.74) is 2.41. The Kier molecular flexibility index (Phi) is 7.15. The minimum atomic E-state index is -0.276. The molecule has 3 aromatic rings. The molecule has 0 bridgehead atoms. The van der Waals surface area contributed by atoms with Gasteiger partial charge in [-0.3, -0.25) is 4.79 Å². The third-order valence-electron chi connectivity index (χ3n) is 4.07. The normalized spacial score (nSPS) is 12.0. The van der Waals surface area contributed by atoms with Crippen LogP contribution in [0, 0.1) is 5.82 Å². The topological polar surface area (TPSA) is 34.4 Å². The number of aryl methyl sites for hydroxylation is 2. The SMILES string of the molecule is CCc1ccc2c(c1)sc(=NC(=O)CSc1ccc(F)cc1)n2CCSC. The zero-order valence-corrected chi connectivity index (χ0v) is 17.7. The molecule has 3 nitrogen and oxygen atoms in total. The number of thioether (sulfide) groups is 2. The average molecular weight is 421 g/mol. The van der Waals surface area contributed by atoms with Gasteiger partial charge in [-0.15, -0.1) is 11.8 Å². The Morgan fingerprint density at radius 2 is 2.00 bits per heavy atom. The van der Waals surface area contributed by atoms with Crippen molar-refractivity contribution in [1.82, 2.24) is 4.57 Å². The van der Waals surface area contributed by atoms with Crippen LogP contribution in [-0.4, -0.2) is 28.2 Å². The number of carbonyl (C=O) groups excluding carboxylic acids is 1. The van der Waals surface area contributed by atoms with E-state index < -0.39 is 0 Å². The summed E-state index contributed by atoms with van der Waals surface area (Å²) in [6, 6.07) is 12.6. The molecule has 0 aliphatic rings. The Bertz CT molecular complexity index is 993. The predicted molar refractivity (Wildman–Crippen MR) is 115 cm³/mol. The minimum absolute atomic E-state index is 0.176. The number of hydrogen-bond donors (Lipinski definition) is 0. The van der Waals surface area contributed by atoms with E-state index >= 15 is 0 Å². The molecule has 1 aromatic heterocycles. The maximum atomic E-state index is 13.0. The molecule has 0 fully saturated rings. The molecule has 142 valence electrons. The second kappa shape index (κ2) is 9.57. The van der Waals surface area contributed by atoms with Crippen molar-refractivity contribution in [2.24, 2.45) is 4.99 Å². The zero-order valence-electron chi connectivity index (χ0n) is 15.3. The quantitative estimate of drug-likeness (QED) is 0.505. The van der Waals surface area contributed by atoms with Gasteiger partial charge in [-0.2, -0.15) is 16.8 Å². The molecule has 1 amide bonds. The highest BCUT2D eigenvalue weighted by atomic mass is 32.2. The largest absolute Gasteiger partial charge is 0.316 e. The van der Waals surface area contributed by atoms with E-state index in [4.69, 9.17) is 0 Å². The van der Waals surface area contributed by atoms with Crippen molar-refractivity contribution in [3.63, 3.8) is 0 Å². The molecule has 0 radical (unpaired) electrons. The molecule has 1 heterocycles. The van der Waals surface area contributed by atoms with Crippen LogP contribution < -0.4 is 4.80 Å². The van der Waals surface area contributed by atoms with Crippen molar-refractivity contribution in [2.45, 2.75) is 24.8 Å². The van der Waals surface area contributed by atoms with Gasteiger partial charge in [-0.25, -0.2) is 4.39 Å². The molecule has 0 saturated carbocycles. The second-order valence-electron chi connectivity index (χ2n) is 5.93. The number of carbonyl (C=O) groups is 1. The molecule has 0 spiro atoms. The lowest BCUT2D eigenvalue weighted by molar-refractivity contribution is -0.115. The number of thiazole rings is 1. The van der Waals surface area contributed by atoms with E-state index in [2.05, 4.69) is 40.9 Å². The van der Waals surface area contributed by atoms with Gasteiger partial charge in [0.25, 0.3) is 5.91 Å². The molecule has 2 aromatic carbocycles. The number of benzene rings is 2. The number of aromatic nitrogens is 1. The van der Waals surface area contributed by atoms with Gasteiger partial charge in [0.15, 0.2) is 4.80 Å². The van der Waals surface area contributed by atoms with E-state index in [0.29, 0.717) is 0 Å². The minimum Gasteiger partial charge on any atom is -0.316 e. The van der Waals surface area contributed by atoms with E-state index in [0.717, 1.165) is 38.6 Å². The van der Waals surface area contributed by atoms with Gasteiger partial charge in [0.1, 0.15) is 5.82 Å². The number of nitrogens with zero attached hydrogens (tertiary/aromatic N) is 2. The lowest BCUT2D eigenvalue weighted by Gasteiger charge is -2.04. The summed E-state index contributed by atoms with van der Waals surface area (Å²) in [5.74, 6) is 0.752. The van der Waals surface area contributed by atoms with Crippen molar-refractivity contribution in [3.05, 3.63) is 58.6 Å². The van der Waals surface area contributed by atoms with Crippen molar-refractivity contribution in [2.75, 3.05) is 17.8 Å². The monoisotopic (exact) mass is 420 g/mol. The van der Waals surface area contributed by atoms with Crippen molar-refractivity contribution < 1.29 is 9.18 Å². The van der Waals surface area contributed by atoms with Crippen LogP contribution >= 0.6 is 34.9 Å². The van der Waals surface area contributed by atoms with Gasteiger partial charge in [0, 0.05) is 17.2 Å². The van der Waals surface area contributed by atoms with Gasteiger partial charge in [0.2, 0.25) is 0 Å². The van der Waals surface area contributed by atoms with Crippen LogP contribution in [0.5, 0.6) is 0 Å². The van der Waals surface area contributed by atoms with Crippen molar-refractivity contribution in [1.29, 1.82) is 0 Å². The van der Waals surface area contributed by atoms with E-state index in [1.807, 2.05) is 0 Å². The summed E-state index contributed by atoms with van der Waals surface area (Å²) < 4.78 is 16.3. The van der Waals surface area contributed by atoms with E-state index in [9.17, 15) is 9.18 Å². The smallest absolute Gasteiger partial charge is 0.258 e. The summed E-state index contributed by atoms with van der Waals surface area (Å²) in [6.45, 7) is 2.96. The molecule has 27 heavy (non-hydrogen) atoms. The third-order valence-corrected chi connectivity index (χ3v) is 6.70. The summed E-state index contributed by atoms with van der Waals surface area (Å²) >= 11 is 4.71. The Morgan fingerprint density at radius 3 is 2.70 bits per heavy atom. The summed E-state index contributed by atoms with van der Waals surface area (Å²) in [6.07, 6.45) is 3.06. The van der Waals surface area contributed by atoms with Crippen LogP contribution in [0.1, 0.15) is 12.5 Å². The maximum absolute atomic E-state index is 13.0. The van der Waals surface area contributed by atoms with Crippen LogP contribution in [0.15, 0.2) is 52.4 Å². The highest BCUT2D eigenvalue weighted by Gasteiger charge is 2.09. The Hall–Kier alpha value is -1.57. The van der Waals surface area contributed by atoms with Gasteiger partial charge >= 0.3 is 0 Å². The first-order valence-electron chi connectivity index (χ1n) is 8.68. The van der Waals surface area contributed by atoms with Crippen LogP contribution in [0.2, 0.25) is 0 Å². The maximum Gasteiger partial charge on any atom is 0.258 e. The fourth-order valence-corrected chi connectivity index (χ4v) is 4.82. The number of hydrogen-bond acceptors (Lipinski definition) is 4. The Balaban J connectivity index is 1.86. The first-order valence-corrected chi connectivity index (χ1v) is 11.9. The summed E-state index contributed by atoms with van der Waals surface area (Å²) in [4.78, 5) is 18.4. The molecule has 0 saturated heterocycles. The van der Waals surface area contributed by atoms with E-state index in [1.54, 1.807) is 35.2 Å². The molecule has 0 aliphatic carbocycles. The first kappa shape index (κ1) is 20.2. The van der Waals surface area contributed by atoms with Crippen LogP contribution in [0.4, 0.5) is 4.39 Å². The average Bonchev–Trinajstić information content (AvgIpc) is 3.01. The molecule has 3 rings (SSSR count). The van der Waals surface area contributed by atoms with Crippen molar-refractivity contribution in [3.8, 4) is 0 Å². The fourth-order valence-electron chi connectivity index (χ4n) is 2.64. The van der Waals surface area contributed by atoms with Crippen LogP contribution in [-0.2, 0) is 17.8 Å². The summed E-state index contributed by atoms with van der Waals surface area (Å²) in [7, 11) is 0. The van der Waals surface area contributed by atoms with Crippen LogP contribution in [0.25, 0.3) is 10.2 Å². The molecule has 7 heteroatoms. The third kappa shape index (κ3) is 5.24. The molecular weight excluding hydrogens is 399 g/mol. The Morgan fingerprint density at radius 1 is 1.22 bits per heavy atom. The van der Waals surface area contributed by atoms with Gasteiger partial charge in [-0.1, -0.05) is 24.3 Å². The van der Waals surface area contributed by atoms with Gasteiger partial charge in [-0.05, 0) is 54.6 Å². The molecule has 0 N–H and O–H groups in total. The second-order valence-corrected chi connectivity index (χ2v) is 8.98. The lowest BCUT2D eigenvalue weighted by atomic mass is 10.2. The standard InChI is InChI=1S/C20H21FN2OS3/c1-3-14-4-9-17-18(12-14)27-20(23(17)10-11-25-2)22-19(24)13-26-16-7-5-15(21)6-8-16/h4-9,12H,3,10-11,13H2,1-2H3. The van der Waals surface area contributed by atoms with Crippen molar-refractivity contribution >= 4 is 51.0 Å². The predicted octanol–water partition coefficient (Wildman–Crippen LogP) is 4.99. The lowest BCUT2D eigenvalue weighted by Crippen LogP contribution is -2.18. The highest BCUT2D eigenvalue weighted by Crippen LogP contribution is 2.21. The number of rotatable bonds is 7. The molecular formula is C20H21FN2OS3. The highest BCUT2D eigenvalue weighted by molar-refractivity contribution is 8.00. The molecule has 0 aliphatic heterocycles. The van der Waals surface area contributed by atoms with Gasteiger partial charge in [0.05, 0.1) is 16.0 Å².